The summed E-state index contributed by atoms with van der Waals surface area (Å²) in [6, 6.07) is 2.94. The highest BCUT2D eigenvalue weighted by Gasteiger charge is 2.31. The monoisotopic (exact) mass is 273 g/mol. The van der Waals surface area contributed by atoms with Crippen molar-refractivity contribution in [3.63, 3.8) is 0 Å². The standard InChI is InChI=1S/C10H15N3O4S/c11-10-9(2-1-3-12-10)18(15,16)13-4-5-17-8(6-13)7-14/h1-3,8,14H,4-7H2,(H2,11,12). The van der Waals surface area contributed by atoms with Gasteiger partial charge in [-0.2, -0.15) is 4.31 Å². The second kappa shape index (κ2) is 5.19. The fraction of sp³-hybridized carbons (Fsp3) is 0.500. The van der Waals surface area contributed by atoms with Crippen molar-refractivity contribution in [3.8, 4) is 0 Å². The van der Waals surface area contributed by atoms with Gasteiger partial charge in [-0.05, 0) is 12.1 Å². The van der Waals surface area contributed by atoms with Gasteiger partial charge in [0.2, 0.25) is 10.0 Å². The van der Waals surface area contributed by atoms with Crippen molar-refractivity contribution in [1.29, 1.82) is 0 Å². The lowest BCUT2D eigenvalue weighted by atomic mass is 10.3. The van der Waals surface area contributed by atoms with Crippen LogP contribution in [0.2, 0.25) is 0 Å². The minimum absolute atomic E-state index is 0.0106. The Bertz CT molecular complexity index is 520. The largest absolute Gasteiger partial charge is 0.394 e. The van der Waals surface area contributed by atoms with Crippen LogP contribution in [0.5, 0.6) is 0 Å². The van der Waals surface area contributed by atoms with Crippen LogP contribution in [0.4, 0.5) is 5.82 Å². The zero-order chi connectivity index (χ0) is 13.2. The van der Waals surface area contributed by atoms with Gasteiger partial charge in [0.25, 0.3) is 0 Å². The Morgan fingerprint density at radius 2 is 2.39 bits per heavy atom. The molecule has 7 nitrogen and oxygen atoms in total. The van der Waals surface area contributed by atoms with E-state index in [0.29, 0.717) is 0 Å². The van der Waals surface area contributed by atoms with Crippen molar-refractivity contribution in [3.05, 3.63) is 18.3 Å². The number of aliphatic hydroxyl groups excluding tert-OH is 1. The van der Waals surface area contributed by atoms with E-state index in [0.717, 1.165) is 0 Å². The number of pyridine rings is 1. The molecule has 2 rings (SSSR count). The van der Waals surface area contributed by atoms with Crippen molar-refractivity contribution in [2.24, 2.45) is 0 Å². The Morgan fingerprint density at radius 1 is 1.61 bits per heavy atom. The number of anilines is 1. The average Bonchev–Trinajstić information content (AvgIpc) is 2.39. The predicted octanol–water partition coefficient (Wildman–Crippen LogP) is -0.954. The van der Waals surface area contributed by atoms with Gasteiger partial charge in [-0.1, -0.05) is 0 Å². The van der Waals surface area contributed by atoms with Crippen molar-refractivity contribution in [1.82, 2.24) is 9.29 Å². The number of aromatic nitrogens is 1. The summed E-state index contributed by atoms with van der Waals surface area (Å²) in [4.78, 5) is 3.76. The number of rotatable bonds is 3. The van der Waals surface area contributed by atoms with Gasteiger partial charge in [0, 0.05) is 19.3 Å². The molecule has 100 valence electrons. The second-order valence-electron chi connectivity index (χ2n) is 3.93. The number of hydrogen-bond acceptors (Lipinski definition) is 6. The van der Waals surface area contributed by atoms with Gasteiger partial charge in [-0.25, -0.2) is 13.4 Å². The van der Waals surface area contributed by atoms with E-state index in [2.05, 4.69) is 4.98 Å². The molecule has 1 aromatic rings. The molecule has 2 heterocycles. The highest BCUT2D eigenvalue weighted by molar-refractivity contribution is 7.89. The normalized spacial score (nSPS) is 21.9. The lowest BCUT2D eigenvalue weighted by molar-refractivity contribution is -0.0304. The van der Waals surface area contributed by atoms with Crippen LogP contribution in [0.15, 0.2) is 23.2 Å². The maximum absolute atomic E-state index is 12.3. The molecular weight excluding hydrogens is 258 g/mol. The summed E-state index contributed by atoms with van der Waals surface area (Å²) in [6.45, 7) is 0.402. The predicted molar refractivity (Wildman–Crippen MR) is 64.2 cm³/mol. The number of sulfonamides is 1. The Labute approximate surface area is 105 Å². The molecule has 0 saturated carbocycles. The number of nitrogens with two attached hydrogens (primary N) is 1. The maximum Gasteiger partial charge on any atom is 0.246 e. The highest BCUT2D eigenvalue weighted by atomic mass is 32.2. The number of aliphatic hydroxyl groups is 1. The molecule has 18 heavy (non-hydrogen) atoms. The Balaban J connectivity index is 2.29. The molecule has 1 aliphatic rings. The van der Waals surface area contributed by atoms with Crippen LogP contribution >= 0.6 is 0 Å². The Kier molecular flexibility index (Phi) is 3.81. The smallest absolute Gasteiger partial charge is 0.246 e. The molecule has 0 bridgehead atoms. The minimum Gasteiger partial charge on any atom is -0.394 e. The highest BCUT2D eigenvalue weighted by Crippen LogP contribution is 2.21. The van der Waals surface area contributed by atoms with Crippen LogP contribution in [-0.2, 0) is 14.8 Å². The van der Waals surface area contributed by atoms with E-state index in [4.69, 9.17) is 15.6 Å². The van der Waals surface area contributed by atoms with Crippen molar-refractivity contribution in [2.75, 3.05) is 32.0 Å². The Morgan fingerprint density at radius 3 is 3.06 bits per heavy atom. The number of morpholine rings is 1. The SMILES string of the molecule is Nc1ncccc1S(=O)(=O)N1CCOC(CO)C1. The zero-order valence-electron chi connectivity index (χ0n) is 9.69. The van der Waals surface area contributed by atoms with Gasteiger partial charge in [-0.3, -0.25) is 0 Å². The summed E-state index contributed by atoms with van der Waals surface area (Å²) in [5.74, 6) is -0.0236. The molecule has 8 heteroatoms. The van der Waals surface area contributed by atoms with E-state index < -0.39 is 16.1 Å². The summed E-state index contributed by atoms with van der Waals surface area (Å²) >= 11 is 0. The summed E-state index contributed by atoms with van der Waals surface area (Å²) in [6.07, 6.45) is 0.941. The Hall–Kier alpha value is -1.22. The van der Waals surface area contributed by atoms with Gasteiger partial charge in [0.1, 0.15) is 10.7 Å². The number of hydrogen-bond donors (Lipinski definition) is 2. The molecule has 0 radical (unpaired) electrons. The van der Waals surface area contributed by atoms with Crippen molar-refractivity contribution >= 4 is 15.8 Å². The summed E-state index contributed by atoms with van der Waals surface area (Å²) in [5, 5.41) is 9.02. The first kappa shape index (κ1) is 13.2. The third-order valence-corrected chi connectivity index (χ3v) is 4.64. The molecule has 1 unspecified atom stereocenters. The van der Waals surface area contributed by atoms with Gasteiger partial charge < -0.3 is 15.6 Å². The second-order valence-corrected chi connectivity index (χ2v) is 5.83. The fourth-order valence-electron chi connectivity index (χ4n) is 1.78. The maximum atomic E-state index is 12.3. The van der Waals surface area contributed by atoms with Crippen molar-refractivity contribution < 1.29 is 18.3 Å². The van der Waals surface area contributed by atoms with Gasteiger partial charge in [0.15, 0.2) is 0 Å². The third kappa shape index (κ3) is 2.46. The van der Waals surface area contributed by atoms with Gasteiger partial charge >= 0.3 is 0 Å². The molecule has 0 aliphatic carbocycles. The van der Waals surface area contributed by atoms with E-state index in [-0.39, 0.29) is 37.0 Å². The van der Waals surface area contributed by atoms with E-state index in [1.807, 2.05) is 0 Å². The zero-order valence-corrected chi connectivity index (χ0v) is 10.5. The van der Waals surface area contributed by atoms with E-state index in [9.17, 15) is 8.42 Å². The van der Waals surface area contributed by atoms with Crippen LogP contribution in [0.25, 0.3) is 0 Å². The fourth-order valence-corrected chi connectivity index (χ4v) is 3.30. The average molecular weight is 273 g/mol. The van der Waals surface area contributed by atoms with Crippen LogP contribution in [0.1, 0.15) is 0 Å². The van der Waals surface area contributed by atoms with Gasteiger partial charge in [-0.15, -0.1) is 0 Å². The summed E-state index contributed by atoms with van der Waals surface area (Å²) in [5.41, 5.74) is 5.58. The molecule has 0 aromatic carbocycles. The third-order valence-electron chi connectivity index (χ3n) is 2.72. The topological polar surface area (TPSA) is 106 Å². The first-order valence-electron chi connectivity index (χ1n) is 5.49. The minimum atomic E-state index is -3.68. The first-order valence-corrected chi connectivity index (χ1v) is 6.93. The number of nitrogen functional groups attached to an aromatic ring is 1. The van der Waals surface area contributed by atoms with E-state index in [1.54, 1.807) is 0 Å². The molecule has 1 fully saturated rings. The van der Waals surface area contributed by atoms with Crippen LogP contribution in [0, 0.1) is 0 Å². The number of nitrogens with zero attached hydrogens (tertiary/aromatic N) is 2. The van der Waals surface area contributed by atoms with Crippen LogP contribution < -0.4 is 5.73 Å². The molecular formula is C10H15N3O4S. The lowest BCUT2D eigenvalue weighted by Crippen LogP contribution is -2.46. The van der Waals surface area contributed by atoms with Crippen LogP contribution in [-0.4, -0.2) is 55.2 Å². The van der Waals surface area contributed by atoms with Crippen LogP contribution in [0.3, 0.4) is 0 Å². The van der Waals surface area contributed by atoms with Crippen molar-refractivity contribution in [2.45, 2.75) is 11.0 Å². The molecule has 0 spiro atoms. The van der Waals surface area contributed by atoms with Gasteiger partial charge in [0.05, 0.1) is 19.3 Å². The summed E-state index contributed by atoms with van der Waals surface area (Å²) in [7, 11) is -3.68. The summed E-state index contributed by atoms with van der Waals surface area (Å²) < 4.78 is 31.1. The van der Waals surface area contributed by atoms with E-state index >= 15 is 0 Å². The molecule has 1 aromatic heterocycles. The molecule has 3 N–H and O–H groups in total. The molecule has 1 atom stereocenters. The van der Waals surface area contributed by atoms with E-state index in [1.165, 1.54) is 22.6 Å². The molecule has 1 saturated heterocycles. The first-order chi connectivity index (χ1) is 8.55. The quantitative estimate of drug-likeness (QED) is 0.735. The molecule has 1 aliphatic heterocycles. The lowest BCUT2D eigenvalue weighted by Gasteiger charge is -2.31. The number of ether oxygens (including phenoxy) is 1. The molecule has 0 amide bonds.